The maximum Gasteiger partial charge on any atom is 0.0422 e. The summed E-state index contributed by atoms with van der Waals surface area (Å²) < 4.78 is 0. The van der Waals surface area contributed by atoms with E-state index < -0.39 is 0 Å². The molecule has 1 saturated heterocycles. The Morgan fingerprint density at radius 2 is 2.31 bits per heavy atom. The van der Waals surface area contributed by atoms with Gasteiger partial charge in [0.15, 0.2) is 0 Å². The molecule has 0 bridgehead atoms. The van der Waals surface area contributed by atoms with Crippen molar-refractivity contribution in [3.05, 3.63) is 30.1 Å². The van der Waals surface area contributed by atoms with Gasteiger partial charge in [0.05, 0.1) is 0 Å². The molecule has 2 rings (SSSR count). The van der Waals surface area contributed by atoms with Crippen LogP contribution < -0.4 is 5.32 Å². The lowest BCUT2D eigenvalue weighted by Crippen LogP contribution is -2.56. The Kier molecular flexibility index (Phi) is 3.56. The molecule has 1 unspecified atom stereocenters. The molecule has 1 aromatic rings. The van der Waals surface area contributed by atoms with Gasteiger partial charge in [-0.2, -0.15) is 0 Å². The lowest BCUT2D eigenvalue weighted by molar-refractivity contribution is 0.113. The predicted molar refractivity (Wildman–Crippen MR) is 66.5 cm³/mol. The molecule has 1 N–H and O–H groups in total. The van der Waals surface area contributed by atoms with Gasteiger partial charge in [0, 0.05) is 30.4 Å². The maximum atomic E-state index is 4.45. The molecule has 1 atom stereocenters. The van der Waals surface area contributed by atoms with E-state index in [9.17, 15) is 0 Å². The van der Waals surface area contributed by atoms with Crippen LogP contribution >= 0.6 is 0 Å². The quantitative estimate of drug-likeness (QED) is 0.831. The summed E-state index contributed by atoms with van der Waals surface area (Å²) in [7, 11) is 4.35. The fourth-order valence-corrected chi connectivity index (χ4v) is 2.48. The minimum Gasteiger partial charge on any atom is -0.315 e. The van der Waals surface area contributed by atoms with Gasteiger partial charge in [-0.3, -0.25) is 4.98 Å². The van der Waals surface area contributed by atoms with Gasteiger partial charge in [-0.25, -0.2) is 0 Å². The highest BCUT2D eigenvalue weighted by atomic mass is 15.2. The first-order valence-electron chi connectivity index (χ1n) is 6.01. The second-order valence-corrected chi connectivity index (χ2v) is 4.90. The fraction of sp³-hybridized carbons (Fsp3) is 0.615. The number of nitrogens with one attached hydrogen (secondary N) is 1. The summed E-state index contributed by atoms with van der Waals surface area (Å²) in [6.07, 6.45) is 5.43. The molecule has 0 aromatic carbocycles. The smallest absolute Gasteiger partial charge is 0.0422 e. The summed E-state index contributed by atoms with van der Waals surface area (Å²) in [5, 5.41) is 3.51. The van der Waals surface area contributed by atoms with Crippen LogP contribution in [0.15, 0.2) is 24.4 Å². The van der Waals surface area contributed by atoms with Crippen LogP contribution in [0.4, 0.5) is 0 Å². The Balaban J connectivity index is 2.14. The van der Waals surface area contributed by atoms with Crippen molar-refractivity contribution in [3.63, 3.8) is 0 Å². The van der Waals surface area contributed by atoms with Crippen LogP contribution in [0, 0.1) is 0 Å². The second kappa shape index (κ2) is 4.93. The summed E-state index contributed by atoms with van der Waals surface area (Å²) in [4.78, 5) is 6.80. The van der Waals surface area contributed by atoms with Crippen molar-refractivity contribution in [2.45, 2.75) is 24.8 Å². The van der Waals surface area contributed by atoms with E-state index in [1.807, 2.05) is 12.3 Å². The van der Waals surface area contributed by atoms with Gasteiger partial charge in [0.2, 0.25) is 0 Å². The van der Waals surface area contributed by atoms with Crippen molar-refractivity contribution in [1.82, 2.24) is 15.2 Å². The highest BCUT2D eigenvalue weighted by Gasteiger charge is 2.34. The fourth-order valence-electron chi connectivity index (χ4n) is 2.48. The van der Waals surface area contributed by atoms with Crippen molar-refractivity contribution in [2.24, 2.45) is 0 Å². The molecular formula is C13H21N3. The molecular weight excluding hydrogens is 198 g/mol. The van der Waals surface area contributed by atoms with E-state index in [1.165, 1.54) is 18.5 Å². The number of aromatic nitrogens is 1. The van der Waals surface area contributed by atoms with Gasteiger partial charge in [0.1, 0.15) is 0 Å². The van der Waals surface area contributed by atoms with Crippen LogP contribution in [-0.2, 0) is 6.42 Å². The summed E-state index contributed by atoms with van der Waals surface area (Å²) in [5.41, 5.74) is 1.44. The number of pyridine rings is 1. The molecule has 0 amide bonds. The number of hydrogen-bond acceptors (Lipinski definition) is 3. The molecule has 1 aliphatic rings. The third kappa shape index (κ3) is 2.42. The van der Waals surface area contributed by atoms with Crippen molar-refractivity contribution >= 4 is 0 Å². The van der Waals surface area contributed by atoms with Gasteiger partial charge in [-0.1, -0.05) is 6.07 Å². The zero-order chi connectivity index (χ0) is 11.4. The third-order valence-corrected chi connectivity index (χ3v) is 3.63. The van der Waals surface area contributed by atoms with E-state index in [-0.39, 0.29) is 5.54 Å². The van der Waals surface area contributed by atoms with Crippen LogP contribution in [0.25, 0.3) is 0 Å². The van der Waals surface area contributed by atoms with Gasteiger partial charge in [-0.15, -0.1) is 0 Å². The molecule has 88 valence electrons. The maximum absolute atomic E-state index is 4.45. The summed E-state index contributed by atoms with van der Waals surface area (Å²) in [5.74, 6) is 0. The van der Waals surface area contributed by atoms with Crippen molar-refractivity contribution in [3.8, 4) is 0 Å². The first-order valence-corrected chi connectivity index (χ1v) is 6.01. The highest BCUT2D eigenvalue weighted by molar-refractivity contribution is 5.10. The Labute approximate surface area is 97.9 Å². The van der Waals surface area contributed by atoms with E-state index in [0.717, 1.165) is 19.5 Å². The SMILES string of the molecule is CN(C)C1(Cc2ccccn2)CCCNC1. The van der Waals surface area contributed by atoms with E-state index in [2.05, 4.69) is 41.4 Å². The van der Waals surface area contributed by atoms with Gasteiger partial charge >= 0.3 is 0 Å². The molecule has 3 heteroatoms. The number of piperidine rings is 1. The second-order valence-electron chi connectivity index (χ2n) is 4.90. The minimum atomic E-state index is 0.243. The molecule has 16 heavy (non-hydrogen) atoms. The standard InChI is InChI=1S/C13H21N3/c1-16(2)13(7-5-8-14-11-13)10-12-6-3-4-9-15-12/h3-4,6,9,14H,5,7-8,10-11H2,1-2H3. The van der Waals surface area contributed by atoms with Crippen LogP contribution in [0.3, 0.4) is 0 Å². The van der Waals surface area contributed by atoms with E-state index in [4.69, 9.17) is 0 Å². The topological polar surface area (TPSA) is 28.2 Å². The third-order valence-electron chi connectivity index (χ3n) is 3.63. The summed E-state index contributed by atoms with van der Waals surface area (Å²) in [6, 6.07) is 6.17. The lowest BCUT2D eigenvalue weighted by Gasteiger charge is -2.43. The minimum absolute atomic E-state index is 0.243. The Morgan fingerprint density at radius 1 is 1.44 bits per heavy atom. The van der Waals surface area contributed by atoms with Gasteiger partial charge in [-0.05, 0) is 45.6 Å². The van der Waals surface area contributed by atoms with E-state index in [1.54, 1.807) is 0 Å². The molecule has 1 fully saturated rings. The molecule has 2 heterocycles. The molecule has 0 radical (unpaired) electrons. The highest BCUT2D eigenvalue weighted by Crippen LogP contribution is 2.25. The number of likely N-dealkylation sites (N-methyl/N-ethyl adjacent to an activating group) is 1. The molecule has 1 aliphatic heterocycles. The van der Waals surface area contributed by atoms with Crippen molar-refractivity contribution in [1.29, 1.82) is 0 Å². The van der Waals surface area contributed by atoms with Crippen LogP contribution in [0.2, 0.25) is 0 Å². The molecule has 0 saturated carbocycles. The zero-order valence-corrected chi connectivity index (χ0v) is 10.2. The number of nitrogens with zero attached hydrogens (tertiary/aromatic N) is 2. The first-order chi connectivity index (χ1) is 7.73. The molecule has 0 aliphatic carbocycles. The summed E-state index contributed by atoms with van der Waals surface area (Å²) >= 11 is 0. The zero-order valence-electron chi connectivity index (χ0n) is 10.2. The van der Waals surface area contributed by atoms with Gasteiger partial charge in [0.25, 0.3) is 0 Å². The average molecular weight is 219 g/mol. The van der Waals surface area contributed by atoms with Crippen LogP contribution in [-0.4, -0.2) is 42.6 Å². The molecule has 3 nitrogen and oxygen atoms in total. The average Bonchev–Trinajstić information content (AvgIpc) is 2.31. The molecule has 0 spiro atoms. The Bertz CT molecular complexity index is 315. The Hall–Kier alpha value is -0.930. The predicted octanol–water partition coefficient (Wildman–Crippen LogP) is 1.31. The van der Waals surface area contributed by atoms with Crippen molar-refractivity contribution in [2.75, 3.05) is 27.2 Å². The van der Waals surface area contributed by atoms with Gasteiger partial charge < -0.3 is 10.2 Å². The Morgan fingerprint density at radius 3 is 2.88 bits per heavy atom. The summed E-state index contributed by atoms with van der Waals surface area (Å²) in [6.45, 7) is 2.22. The number of rotatable bonds is 3. The first kappa shape index (κ1) is 11.6. The largest absolute Gasteiger partial charge is 0.315 e. The molecule has 1 aromatic heterocycles. The van der Waals surface area contributed by atoms with Crippen molar-refractivity contribution < 1.29 is 0 Å². The van der Waals surface area contributed by atoms with E-state index >= 15 is 0 Å². The van der Waals surface area contributed by atoms with E-state index in [0.29, 0.717) is 0 Å². The van der Waals surface area contributed by atoms with Crippen LogP contribution in [0.1, 0.15) is 18.5 Å². The normalized spacial score (nSPS) is 25.9. The monoisotopic (exact) mass is 219 g/mol. The van der Waals surface area contributed by atoms with Crippen LogP contribution in [0.5, 0.6) is 0 Å². The lowest BCUT2D eigenvalue weighted by atomic mass is 9.84. The number of hydrogen-bond donors (Lipinski definition) is 1.